The number of aryl methyl sites for hydroxylation is 1. The lowest BCUT2D eigenvalue weighted by molar-refractivity contribution is 0.429. The highest BCUT2D eigenvalue weighted by atomic mass is 32.2. The molecule has 0 spiro atoms. The molecule has 2 atom stereocenters. The number of benzene rings is 1. The Morgan fingerprint density at radius 2 is 2.00 bits per heavy atom. The molecule has 1 rings (SSSR count). The Bertz CT molecular complexity index is 365. The Hall–Kier alpha value is -0.670. The second kappa shape index (κ2) is 6.16. The largest absolute Gasteiger partial charge is 0.243 e. The topological polar surface area (TPSA) is 20.3 Å². The molecule has 0 saturated heterocycles. The minimum Gasteiger partial charge on any atom is -0.243 e. The van der Waals surface area contributed by atoms with E-state index in [0.29, 0.717) is 0 Å². The van der Waals surface area contributed by atoms with E-state index in [1.54, 1.807) is 6.26 Å². The summed E-state index contributed by atoms with van der Waals surface area (Å²) in [6.07, 6.45) is 3.95. The van der Waals surface area contributed by atoms with Gasteiger partial charge >= 0.3 is 0 Å². The van der Waals surface area contributed by atoms with Crippen LogP contribution in [-0.2, 0) is 17.4 Å². The van der Waals surface area contributed by atoms with E-state index in [1.807, 2.05) is 11.4 Å². The summed E-state index contributed by atoms with van der Waals surface area (Å²) in [6, 6.07) is 8.64. The van der Waals surface area contributed by atoms with Crippen molar-refractivity contribution in [3.63, 3.8) is 0 Å². The molecule has 1 unspecified atom stereocenters. The fourth-order valence-electron chi connectivity index (χ4n) is 1.86. The van der Waals surface area contributed by atoms with Crippen LogP contribution in [0.15, 0.2) is 24.3 Å². The van der Waals surface area contributed by atoms with Crippen LogP contribution in [0.2, 0.25) is 0 Å². The first-order valence-corrected chi connectivity index (χ1v) is 7.23. The molecule has 0 heterocycles. The molecule has 0 saturated carbocycles. The van der Waals surface area contributed by atoms with Gasteiger partial charge in [-0.25, -0.2) is 8.51 Å². The molecule has 1 aromatic carbocycles. The number of hydrogen-bond acceptors (Lipinski definition) is 1. The molecule has 3 heteroatoms. The monoisotopic (exact) mass is 239 g/mol. The van der Waals surface area contributed by atoms with E-state index in [-0.39, 0.29) is 6.04 Å². The predicted molar refractivity (Wildman–Crippen MR) is 70.7 cm³/mol. The highest BCUT2D eigenvalue weighted by Crippen LogP contribution is 2.24. The van der Waals surface area contributed by atoms with Gasteiger partial charge in [0.05, 0.1) is 11.0 Å². The minimum absolute atomic E-state index is 0.202. The Morgan fingerprint density at radius 1 is 1.38 bits per heavy atom. The van der Waals surface area contributed by atoms with Crippen LogP contribution in [0.4, 0.5) is 0 Å². The highest BCUT2D eigenvalue weighted by Gasteiger charge is 2.16. The average molecular weight is 239 g/mol. The van der Waals surface area contributed by atoms with Crippen LogP contribution in [0.1, 0.15) is 37.4 Å². The van der Waals surface area contributed by atoms with E-state index in [4.69, 9.17) is 0 Å². The molecule has 90 valence electrons. The molecule has 0 aliphatic rings. The molecule has 0 aliphatic heterocycles. The van der Waals surface area contributed by atoms with Gasteiger partial charge in [-0.1, -0.05) is 37.6 Å². The van der Waals surface area contributed by atoms with Crippen LogP contribution in [0.5, 0.6) is 0 Å². The first-order valence-electron chi connectivity index (χ1n) is 5.72. The quantitative estimate of drug-likeness (QED) is 0.773. The zero-order valence-electron chi connectivity index (χ0n) is 10.6. The zero-order chi connectivity index (χ0) is 12.1. The average Bonchev–Trinajstić information content (AvgIpc) is 2.28. The fraction of sp³-hybridized carbons (Fsp3) is 0.538. The third-order valence-corrected chi connectivity index (χ3v) is 4.10. The third kappa shape index (κ3) is 3.16. The lowest BCUT2D eigenvalue weighted by Crippen LogP contribution is -2.24. The normalized spacial score (nSPS) is 15.1. The number of rotatable bonds is 5. The van der Waals surface area contributed by atoms with Gasteiger partial charge in [-0.2, -0.15) is 0 Å². The van der Waals surface area contributed by atoms with Crippen LogP contribution in [0, 0.1) is 0 Å². The molecular weight excluding hydrogens is 218 g/mol. The Morgan fingerprint density at radius 3 is 2.56 bits per heavy atom. The van der Waals surface area contributed by atoms with Crippen LogP contribution < -0.4 is 0 Å². The van der Waals surface area contributed by atoms with E-state index < -0.39 is 11.0 Å². The van der Waals surface area contributed by atoms with Gasteiger partial charge in [-0.05, 0) is 24.5 Å². The van der Waals surface area contributed by atoms with E-state index in [9.17, 15) is 4.21 Å². The zero-order valence-corrected chi connectivity index (χ0v) is 11.4. The lowest BCUT2D eigenvalue weighted by atomic mass is 9.98. The van der Waals surface area contributed by atoms with Gasteiger partial charge in [0, 0.05) is 19.3 Å². The predicted octanol–water partition coefficient (Wildman–Crippen LogP) is 2.93. The summed E-state index contributed by atoms with van der Waals surface area (Å²) in [7, 11) is 0.986. The van der Waals surface area contributed by atoms with Crippen LogP contribution in [-0.4, -0.2) is 21.8 Å². The molecule has 0 amide bonds. The van der Waals surface area contributed by atoms with Gasteiger partial charge < -0.3 is 0 Å². The molecule has 0 aliphatic carbocycles. The Labute approximate surface area is 101 Å². The molecule has 0 radical (unpaired) electrons. The van der Waals surface area contributed by atoms with E-state index in [0.717, 1.165) is 12.8 Å². The van der Waals surface area contributed by atoms with Crippen molar-refractivity contribution in [2.24, 2.45) is 0 Å². The van der Waals surface area contributed by atoms with Gasteiger partial charge in [-0.15, -0.1) is 0 Å². The van der Waals surface area contributed by atoms with Crippen LogP contribution in [0.3, 0.4) is 0 Å². The van der Waals surface area contributed by atoms with Crippen LogP contribution in [0.25, 0.3) is 0 Å². The molecule has 16 heavy (non-hydrogen) atoms. The maximum absolute atomic E-state index is 11.5. The summed E-state index contributed by atoms with van der Waals surface area (Å²) < 4.78 is 13.4. The summed E-state index contributed by atoms with van der Waals surface area (Å²) in [5.74, 6) is 0. The maximum Gasteiger partial charge on any atom is 0.0913 e. The first-order chi connectivity index (χ1) is 7.57. The second-order valence-electron chi connectivity index (χ2n) is 4.09. The Balaban J connectivity index is 2.97. The molecule has 0 N–H and O–H groups in total. The second-order valence-corrected chi connectivity index (χ2v) is 5.52. The summed E-state index contributed by atoms with van der Waals surface area (Å²) in [5.41, 5.74) is 2.66. The van der Waals surface area contributed by atoms with E-state index in [1.165, 1.54) is 11.1 Å². The summed E-state index contributed by atoms with van der Waals surface area (Å²) in [4.78, 5) is 0. The summed E-state index contributed by atoms with van der Waals surface area (Å²) in [6.45, 7) is 4.29. The maximum atomic E-state index is 11.5. The highest BCUT2D eigenvalue weighted by molar-refractivity contribution is 7.81. The molecule has 0 fully saturated rings. The van der Waals surface area contributed by atoms with Gasteiger partial charge in [0.2, 0.25) is 0 Å². The van der Waals surface area contributed by atoms with Gasteiger partial charge in [0.1, 0.15) is 0 Å². The molecule has 0 aromatic heterocycles. The summed E-state index contributed by atoms with van der Waals surface area (Å²) in [5, 5.41) is 0. The van der Waals surface area contributed by atoms with E-state index >= 15 is 0 Å². The fourth-order valence-corrected chi connectivity index (χ4v) is 2.42. The van der Waals surface area contributed by atoms with Crippen molar-refractivity contribution in [1.29, 1.82) is 0 Å². The molecule has 0 bridgehead atoms. The van der Waals surface area contributed by atoms with Gasteiger partial charge in [-0.3, -0.25) is 0 Å². The smallest absolute Gasteiger partial charge is 0.0913 e. The van der Waals surface area contributed by atoms with Crippen molar-refractivity contribution in [2.75, 3.05) is 13.3 Å². The van der Waals surface area contributed by atoms with E-state index in [2.05, 4.69) is 38.1 Å². The van der Waals surface area contributed by atoms with Gasteiger partial charge in [0.25, 0.3) is 0 Å². The van der Waals surface area contributed by atoms with Crippen molar-refractivity contribution < 1.29 is 4.21 Å². The third-order valence-electron chi connectivity index (χ3n) is 2.98. The van der Waals surface area contributed by atoms with Gasteiger partial charge in [0.15, 0.2) is 0 Å². The molecular formula is C13H21NOS. The lowest BCUT2D eigenvalue weighted by Gasteiger charge is -2.24. The molecule has 2 nitrogen and oxygen atoms in total. The number of nitrogens with zero attached hydrogens (tertiary/aromatic N) is 1. The van der Waals surface area contributed by atoms with Crippen LogP contribution >= 0.6 is 0 Å². The summed E-state index contributed by atoms with van der Waals surface area (Å²) >= 11 is 0. The number of hydrogen-bond donors (Lipinski definition) is 0. The van der Waals surface area contributed by atoms with Crippen molar-refractivity contribution in [3.8, 4) is 0 Å². The van der Waals surface area contributed by atoms with Crippen molar-refractivity contribution in [2.45, 2.75) is 32.7 Å². The van der Waals surface area contributed by atoms with Crippen molar-refractivity contribution >= 4 is 11.0 Å². The standard InChI is InChI=1S/C13H21NOS/c1-5-8-12-9-6-7-10-13(12)11(2)14(3)16(4)15/h6-7,9-11H,5,8H2,1-4H3/t11-,16?/m0/s1. The van der Waals surface area contributed by atoms with Crippen molar-refractivity contribution in [3.05, 3.63) is 35.4 Å². The van der Waals surface area contributed by atoms with Crippen molar-refractivity contribution in [1.82, 2.24) is 4.31 Å². The Kier molecular flexibility index (Phi) is 5.16. The molecule has 1 aromatic rings. The SMILES string of the molecule is CCCc1ccccc1[C@H](C)N(C)S(C)=O. The minimum atomic E-state index is -0.920. The first kappa shape index (κ1) is 13.4.